The van der Waals surface area contributed by atoms with E-state index in [1.54, 1.807) is 31.2 Å². The predicted molar refractivity (Wildman–Crippen MR) is 88.3 cm³/mol. The van der Waals surface area contributed by atoms with Crippen LogP contribution in [0.1, 0.15) is 39.0 Å². The minimum Gasteiger partial charge on any atom is -0.482 e. The van der Waals surface area contributed by atoms with Crippen molar-refractivity contribution in [2.45, 2.75) is 39.0 Å². The van der Waals surface area contributed by atoms with Gasteiger partial charge in [0.25, 0.3) is 0 Å². The van der Waals surface area contributed by atoms with Crippen LogP contribution >= 0.6 is 0 Å². The van der Waals surface area contributed by atoms with Crippen LogP contribution in [-0.2, 0) is 14.3 Å². The van der Waals surface area contributed by atoms with Gasteiger partial charge >= 0.3 is 5.97 Å². The van der Waals surface area contributed by atoms with Crippen LogP contribution in [-0.4, -0.2) is 25.1 Å². The first kappa shape index (κ1) is 17.8. The van der Waals surface area contributed by atoms with Crippen molar-refractivity contribution >= 4 is 17.6 Å². The lowest BCUT2D eigenvalue weighted by molar-refractivity contribution is -0.145. The zero-order chi connectivity index (χ0) is 17.4. The highest BCUT2D eigenvalue weighted by Crippen LogP contribution is 2.36. The molecule has 1 amide bonds. The molecule has 1 N–H and O–H groups in total. The third-order valence-electron chi connectivity index (χ3n) is 4.11. The number of carbonyl (C=O) groups is 2. The summed E-state index contributed by atoms with van der Waals surface area (Å²) in [5.41, 5.74) is -0.401. The van der Waals surface area contributed by atoms with E-state index in [0.717, 1.165) is 19.3 Å². The lowest BCUT2D eigenvalue weighted by Gasteiger charge is -2.29. The Bertz CT molecular complexity index is 630. The van der Waals surface area contributed by atoms with Crippen molar-refractivity contribution in [3.05, 3.63) is 24.3 Å². The first-order valence-electron chi connectivity index (χ1n) is 8.21. The molecule has 0 spiro atoms. The van der Waals surface area contributed by atoms with E-state index < -0.39 is 11.4 Å². The second kappa shape index (κ2) is 8.34. The van der Waals surface area contributed by atoms with Crippen molar-refractivity contribution in [1.29, 1.82) is 5.26 Å². The third kappa shape index (κ3) is 4.48. The molecular formula is C18H22N2O4. The molecule has 1 fully saturated rings. The van der Waals surface area contributed by atoms with E-state index >= 15 is 0 Å². The normalized spacial score (nSPS) is 15.8. The Morgan fingerprint density at radius 2 is 2.04 bits per heavy atom. The molecule has 6 heteroatoms. The van der Waals surface area contributed by atoms with Crippen LogP contribution < -0.4 is 10.1 Å². The molecule has 0 saturated heterocycles. The van der Waals surface area contributed by atoms with Crippen molar-refractivity contribution in [2.24, 2.45) is 5.41 Å². The second-order valence-corrected chi connectivity index (χ2v) is 5.83. The molecule has 6 nitrogen and oxygen atoms in total. The van der Waals surface area contributed by atoms with Gasteiger partial charge in [-0.3, -0.25) is 4.79 Å². The van der Waals surface area contributed by atoms with Gasteiger partial charge in [0.2, 0.25) is 5.91 Å². The molecule has 1 aromatic rings. The Hall–Kier alpha value is -2.55. The van der Waals surface area contributed by atoms with Gasteiger partial charge in [0, 0.05) is 11.8 Å². The Morgan fingerprint density at radius 3 is 2.71 bits per heavy atom. The second-order valence-electron chi connectivity index (χ2n) is 5.83. The number of nitriles is 1. The van der Waals surface area contributed by atoms with E-state index in [0.29, 0.717) is 30.9 Å². The van der Waals surface area contributed by atoms with E-state index in [-0.39, 0.29) is 12.5 Å². The van der Waals surface area contributed by atoms with Crippen molar-refractivity contribution in [3.8, 4) is 11.8 Å². The number of hydrogen-bond donors (Lipinski definition) is 1. The SMILES string of the molecule is CCOC(=O)COc1cccc(NC(=O)C2(C#N)CCCCC2)c1. The first-order valence-corrected chi connectivity index (χ1v) is 8.21. The predicted octanol–water partition coefficient (Wildman–Crippen LogP) is 3.04. The number of amides is 1. The maximum absolute atomic E-state index is 12.5. The Balaban J connectivity index is 1.99. The molecule has 1 aliphatic carbocycles. The Labute approximate surface area is 141 Å². The van der Waals surface area contributed by atoms with Gasteiger partial charge in [0.05, 0.1) is 12.7 Å². The largest absolute Gasteiger partial charge is 0.482 e. The molecule has 1 saturated carbocycles. The quantitative estimate of drug-likeness (QED) is 0.810. The topological polar surface area (TPSA) is 88.4 Å². The smallest absolute Gasteiger partial charge is 0.344 e. The van der Waals surface area contributed by atoms with Gasteiger partial charge in [-0.1, -0.05) is 25.3 Å². The number of carbonyl (C=O) groups excluding carboxylic acids is 2. The fourth-order valence-electron chi connectivity index (χ4n) is 2.80. The monoisotopic (exact) mass is 330 g/mol. The van der Waals surface area contributed by atoms with Crippen LogP contribution in [0.15, 0.2) is 24.3 Å². The lowest BCUT2D eigenvalue weighted by atomic mass is 9.74. The number of benzene rings is 1. The zero-order valence-electron chi connectivity index (χ0n) is 13.8. The van der Waals surface area contributed by atoms with Crippen LogP contribution in [0.25, 0.3) is 0 Å². The summed E-state index contributed by atoms with van der Waals surface area (Å²) in [7, 11) is 0. The molecule has 0 radical (unpaired) electrons. The molecule has 0 bridgehead atoms. The van der Waals surface area contributed by atoms with Crippen molar-refractivity contribution in [1.82, 2.24) is 0 Å². The van der Waals surface area contributed by atoms with Gasteiger partial charge in [-0.2, -0.15) is 5.26 Å². The number of rotatable bonds is 6. The van der Waals surface area contributed by atoms with Crippen LogP contribution in [0.4, 0.5) is 5.69 Å². The molecule has 0 atom stereocenters. The average Bonchev–Trinajstić information content (AvgIpc) is 2.61. The number of nitrogens with zero attached hydrogens (tertiary/aromatic N) is 1. The van der Waals surface area contributed by atoms with Gasteiger partial charge in [-0.15, -0.1) is 0 Å². The molecule has 0 unspecified atom stereocenters. The Morgan fingerprint density at radius 1 is 1.29 bits per heavy atom. The van der Waals surface area contributed by atoms with Crippen LogP contribution in [0.5, 0.6) is 5.75 Å². The van der Waals surface area contributed by atoms with Gasteiger partial charge in [-0.25, -0.2) is 4.79 Å². The highest BCUT2D eigenvalue weighted by Gasteiger charge is 2.39. The summed E-state index contributed by atoms with van der Waals surface area (Å²) in [6, 6.07) is 8.97. The molecule has 24 heavy (non-hydrogen) atoms. The van der Waals surface area contributed by atoms with E-state index in [2.05, 4.69) is 11.4 Å². The molecule has 0 aliphatic heterocycles. The average molecular weight is 330 g/mol. The maximum Gasteiger partial charge on any atom is 0.344 e. The number of esters is 1. The molecule has 0 heterocycles. The van der Waals surface area contributed by atoms with E-state index in [4.69, 9.17) is 9.47 Å². The standard InChI is InChI=1S/C18H22N2O4/c1-2-23-16(21)12-24-15-8-6-7-14(11-15)20-17(22)18(13-19)9-4-3-5-10-18/h6-8,11H,2-5,9-10,12H2,1H3,(H,20,22). The van der Waals surface area contributed by atoms with Crippen molar-refractivity contribution in [3.63, 3.8) is 0 Å². The highest BCUT2D eigenvalue weighted by molar-refractivity contribution is 5.97. The van der Waals surface area contributed by atoms with Gasteiger partial charge in [0.15, 0.2) is 6.61 Å². The summed E-state index contributed by atoms with van der Waals surface area (Å²) in [5, 5.41) is 12.3. The summed E-state index contributed by atoms with van der Waals surface area (Å²) in [4.78, 5) is 23.8. The number of hydrogen-bond acceptors (Lipinski definition) is 5. The summed E-state index contributed by atoms with van der Waals surface area (Å²) < 4.78 is 10.1. The summed E-state index contributed by atoms with van der Waals surface area (Å²) in [6.07, 6.45) is 4.03. The molecule has 128 valence electrons. The molecule has 1 aromatic carbocycles. The highest BCUT2D eigenvalue weighted by atomic mass is 16.6. The molecule has 0 aromatic heterocycles. The zero-order valence-corrected chi connectivity index (χ0v) is 13.8. The summed E-state index contributed by atoms with van der Waals surface area (Å²) in [6.45, 7) is 1.84. The van der Waals surface area contributed by atoms with Crippen molar-refractivity contribution in [2.75, 3.05) is 18.5 Å². The van der Waals surface area contributed by atoms with Gasteiger partial charge in [0.1, 0.15) is 11.2 Å². The van der Waals surface area contributed by atoms with Crippen LogP contribution in [0.3, 0.4) is 0 Å². The minimum absolute atomic E-state index is 0.187. The third-order valence-corrected chi connectivity index (χ3v) is 4.11. The van der Waals surface area contributed by atoms with Gasteiger partial charge in [-0.05, 0) is 31.9 Å². The van der Waals surface area contributed by atoms with E-state index in [1.165, 1.54) is 0 Å². The molecule has 1 aliphatic rings. The lowest BCUT2D eigenvalue weighted by Crippen LogP contribution is -2.36. The van der Waals surface area contributed by atoms with Crippen LogP contribution in [0, 0.1) is 16.7 Å². The number of anilines is 1. The summed E-state index contributed by atoms with van der Waals surface area (Å²) in [5.74, 6) is -0.264. The fourth-order valence-corrected chi connectivity index (χ4v) is 2.80. The van der Waals surface area contributed by atoms with E-state index in [9.17, 15) is 14.9 Å². The van der Waals surface area contributed by atoms with Crippen molar-refractivity contribution < 1.29 is 19.1 Å². The number of ether oxygens (including phenoxy) is 2. The van der Waals surface area contributed by atoms with E-state index in [1.807, 2.05) is 0 Å². The Kier molecular flexibility index (Phi) is 6.19. The molecule has 2 rings (SSSR count). The van der Waals surface area contributed by atoms with Crippen LogP contribution in [0.2, 0.25) is 0 Å². The molecular weight excluding hydrogens is 308 g/mol. The van der Waals surface area contributed by atoms with Gasteiger partial charge < -0.3 is 14.8 Å². The first-order chi connectivity index (χ1) is 11.6. The summed E-state index contributed by atoms with van der Waals surface area (Å²) >= 11 is 0. The maximum atomic E-state index is 12.5. The number of nitrogens with one attached hydrogen (secondary N) is 1. The fraction of sp³-hybridized carbons (Fsp3) is 0.500. The minimum atomic E-state index is -0.944.